The second kappa shape index (κ2) is 10.2. The van der Waals surface area contributed by atoms with E-state index in [1.807, 2.05) is 12.1 Å². The SMILES string of the molecule is COc1ccc(C(=O)COC(=O)[C@H](NC(=O)c2ccc(C(C)(C)C)cc2)C(C)C)cc1. The van der Waals surface area contributed by atoms with E-state index in [9.17, 15) is 14.4 Å². The van der Waals surface area contributed by atoms with Gasteiger partial charge in [-0.3, -0.25) is 9.59 Å². The predicted octanol–water partition coefficient (Wildman–Crippen LogP) is 4.17. The predicted molar refractivity (Wildman–Crippen MR) is 120 cm³/mol. The van der Waals surface area contributed by atoms with Gasteiger partial charge in [0, 0.05) is 11.1 Å². The van der Waals surface area contributed by atoms with E-state index in [1.54, 1.807) is 50.2 Å². The second-order valence-electron chi connectivity index (χ2n) is 8.78. The molecule has 6 heteroatoms. The van der Waals surface area contributed by atoms with Gasteiger partial charge in [-0.15, -0.1) is 0 Å². The van der Waals surface area contributed by atoms with E-state index >= 15 is 0 Å². The summed E-state index contributed by atoms with van der Waals surface area (Å²) in [6, 6.07) is 13.0. The molecule has 1 N–H and O–H groups in total. The fourth-order valence-corrected chi connectivity index (χ4v) is 2.93. The lowest BCUT2D eigenvalue weighted by atomic mass is 9.86. The van der Waals surface area contributed by atoms with Gasteiger partial charge in [0.05, 0.1) is 7.11 Å². The van der Waals surface area contributed by atoms with Crippen LogP contribution in [0.25, 0.3) is 0 Å². The van der Waals surface area contributed by atoms with Crippen molar-refractivity contribution in [3.63, 3.8) is 0 Å². The van der Waals surface area contributed by atoms with Gasteiger partial charge in [-0.05, 0) is 53.3 Å². The third kappa shape index (κ3) is 6.67. The summed E-state index contributed by atoms with van der Waals surface area (Å²) < 4.78 is 10.3. The number of esters is 1. The number of Topliss-reactive ketones (excluding diaryl/α,β-unsaturated/α-hetero) is 1. The highest BCUT2D eigenvalue weighted by atomic mass is 16.5. The van der Waals surface area contributed by atoms with Gasteiger partial charge in [0.1, 0.15) is 11.8 Å². The highest BCUT2D eigenvalue weighted by Crippen LogP contribution is 2.22. The van der Waals surface area contributed by atoms with Gasteiger partial charge in [-0.2, -0.15) is 0 Å². The van der Waals surface area contributed by atoms with Crippen molar-refractivity contribution in [3.8, 4) is 5.75 Å². The zero-order valence-corrected chi connectivity index (χ0v) is 19.0. The zero-order chi connectivity index (χ0) is 23.2. The first-order valence-corrected chi connectivity index (χ1v) is 10.3. The Balaban J connectivity index is 1.99. The molecular weight excluding hydrogens is 394 g/mol. The van der Waals surface area contributed by atoms with Crippen LogP contribution in [-0.2, 0) is 14.9 Å². The summed E-state index contributed by atoms with van der Waals surface area (Å²) in [6.45, 7) is 9.51. The zero-order valence-electron chi connectivity index (χ0n) is 19.0. The van der Waals surface area contributed by atoms with Gasteiger partial charge >= 0.3 is 5.97 Å². The molecule has 0 saturated heterocycles. The molecule has 2 rings (SSSR count). The number of carbonyl (C=O) groups is 3. The topological polar surface area (TPSA) is 81.7 Å². The van der Waals surface area contributed by atoms with Crippen molar-refractivity contribution in [1.82, 2.24) is 5.32 Å². The molecule has 0 saturated carbocycles. The molecule has 0 aliphatic heterocycles. The van der Waals surface area contributed by atoms with Crippen LogP contribution in [0.2, 0.25) is 0 Å². The van der Waals surface area contributed by atoms with Gasteiger partial charge in [-0.1, -0.05) is 46.8 Å². The van der Waals surface area contributed by atoms with Crippen molar-refractivity contribution in [2.75, 3.05) is 13.7 Å². The number of ketones is 1. The Hall–Kier alpha value is -3.15. The molecule has 0 spiro atoms. The van der Waals surface area contributed by atoms with Crippen LogP contribution >= 0.6 is 0 Å². The molecule has 1 atom stereocenters. The average Bonchev–Trinajstić information content (AvgIpc) is 2.74. The number of ether oxygens (including phenoxy) is 2. The van der Waals surface area contributed by atoms with E-state index in [-0.39, 0.29) is 23.0 Å². The summed E-state index contributed by atoms with van der Waals surface area (Å²) in [5.41, 5.74) is 1.97. The van der Waals surface area contributed by atoms with E-state index in [2.05, 4.69) is 26.1 Å². The largest absolute Gasteiger partial charge is 0.497 e. The summed E-state index contributed by atoms with van der Waals surface area (Å²) in [7, 11) is 1.54. The highest BCUT2D eigenvalue weighted by molar-refractivity contribution is 5.99. The molecule has 0 aromatic heterocycles. The smallest absolute Gasteiger partial charge is 0.329 e. The summed E-state index contributed by atoms with van der Waals surface area (Å²) in [5.74, 6) is -0.912. The first-order chi connectivity index (χ1) is 14.5. The molecule has 1 amide bonds. The second-order valence-corrected chi connectivity index (χ2v) is 8.78. The molecule has 0 radical (unpaired) electrons. The fraction of sp³-hybridized carbons (Fsp3) is 0.400. The van der Waals surface area contributed by atoms with Crippen LogP contribution in [0.4, 0.5) is 0 Å². The maximum Gasteiger partial charge on any atom is 0.329 e. The minimum absolute atomic E-state index is 0.0182. The number of rotatable bonds is 8. The summed E-state index contributed by atoms with van der Waals surface area (Å²) in [4.78, 5) is 37.5. The highest BCUT2D eigenvalue weighted by Gasteiger charge is 2.27. The van der Waals surface area contributed by atoms with Crippen LogP contribution in [0.1, 0.15) is 60.9 Å². The summed E-state index contributed by atoms with van der Waals surface area (Å²) >= 11 is 0. The van der Waals surface area contributed by atoms with E-state index in [1.165, 1.54) is 7.11 Å². The van der Waals surface area contributed by atoms with Crippen molar-refractivity contribution in [1.29, 1.82) is 0 Å². The van der Waals surface area contributed by atoms with Gasteiger partial charge in [-0.25, -0.2) is 4.79 Å². The molecule has 0 aliphatic carbocycles. The molecule has 0 fully saturated rings. The molecule has 0 unspecified atom stereocenters. The van der Waals surface area contributed by atoms with Crippen LogP contribution in [0.15, 0.2) is 48.5 Å². The lowest BCUT2D eigenvalue weighted by Gasteiger charge is -2.22. The van der Waals surface area contributed by atoms with E-state index in [4.69, 9.17) is 9.47 Å². The Morgan fingerprint density at radius 2 is 1.45 bits per heavy atom. The summed E-state index contributed by atoms with van der Waals surface area (Å²) in [5, 5.41) is 2.73. The minimum atomic E-state index is -0.863. The summed E-state index contributed by atoms with van der Waals surface area (Å²) in [6.07, 6.45) is 0. The van der Waals surface area contributed by atoms with Crippen LogP contribution in [-0.4, -0.2) is 37.4 Å². The average molecular weight is 426 g/mol. The number of amides is 1. The van der Waals surface area contributed by atoms with Crippen molar-refractivity contribution in [2.24, 2.45) is 5.92 Å². The minimum Gasteiger partial charge on any atom is -0.497 e. The van der Waals surface area contributed by atoms with E-state index in [0.717, 1.165) is 5.56 Å². The number of carbonyl (C=O) groups excluding carboxylic acids is 3. The Bertz CT molecular complexity index is 908. The van der Waals surface area contributed by atoms with Gasteiger partial charge in [0.25, 0.3) is 5.91 Å². The first-order valence-electron chi connectivity index (χ1n) is 10.3. The number of hydrogen-bond acceptors (Lipinski definition) is 5. The number of benzene rings is 2. The lowest BCUT2D eigenvalue weighted by molar-refractivity contribution is -0.145. The van der Waals surface area contributed by atoms with Crippen molar-refractivity contribution in [2.45, 2.75) is 46.1 Å². The quantitative estimate of drug-likeness (QED) is 0.507. The van der Waals surface area contributed by atoms with Gasteiger partial charge in [0.2, 0.25) is 0 Å². The molecule has 166 valence electrons. The molecule has 2 aromatic rings. The van der Waals surface area contributed by atoms with Crippen molar-refractivity contribution >= 4 is 17.7 Å². The first kappa shape index (κ1) is 24.1. The van der Waals surface area contributed by atoms with Crippen LogP contribution < -0.4 is 10.1 Å². The number of methoxy groups -OCH3 is 1. The van der Waals surface area contributed by atoms with Gasteiger partial charge < -0.3 is 14.8 Å². The third-order valence-corrected chi connectivity index (χ3v) is 4.98. The fourth-order valence-electron chi connectivity index (χ4n) is 2.93. The number of hydrogen-bond donors (Lipinski definition) is 1. The van der Waals surface area contributed by atoms with Crippen LogP contribution in [0.5, 0.6) is 5.75 Å². The normalized spacial score (nSPS) is 12.2. The van der Waals surface area contributed by atoms with E-state index in [0.29, 0.717) is 16.9 Å². The van der Waals surface area contributed by atoms with Gasteiger partial charge in [0.15, 0.2) is 12.4 Å². The molecule has 0 aliphatic rings. The number of nitrogens with one attached hydrogen (secondary N) is 1. The van der Waals surface area contributed by atoms with Crippen LogP contribution in [0, 0.1) is 5.92 Å². The van der Waals surface area contributed by atoms with Crippen molar-refractivity contribution in [3.05, 3.63) is 65.2 Å². The standard InChI is InChI=1S/C25H31NO5/c1-16(2)22(26-23(28)18-7-11-19(12-8-18)25(3,4)5)24(29)31-15-21(27)17-9-13-20(30-6)14-10-17/h7-14,16,22H,15H2,1-6H3,(H,26,28)/t22-/m1/s1. The molecule has 0 bridgehead atoms. The Labute approximate surface area is 183 Å². The van der Waals surface area contributed by atoms with Crippen molar-refractivity contribution < 1.29 is 23.9 Å². The van der Waals surface area contributed by atoms with E-state index < -0.39 is 18.6 Å². The molecular formula is C25H31NO5. The molecule has 31 heavy (non-hydrogen) atoms. The molecule has 2 aromatic carbocycles. The lowest BCUT2D eigenvalue weighted by Crippen LogP contribution is -2.45. The Morgan fingerprint density at radius 3 is 1.94 bits per heavy atom. The maximum absolute atomic E-state index is 12.6. The Morgan fingerprint density at radius 1 is 0.903 bits per heavy atom. The molecule has 6 nitrogen and oxygen atoms in total. The Kier molecular flexibility index (Phi) is 7.97. The molecule has 0 heterocycles. The third-order valence-electron chi connectivity index (χ3n) is 4.98. The monoisotopic (exact) mass is 425 g/mol. The van der Waals surface area contributed by atoms with Crippen LogP contribution in [0.3, 0.4) is 0 Å². The maximum atomic E-state index is 12.6.